The van der Waals surface area contributed by atoms with Gasteiger partial charge in [0, 0.05) is 6.54 Å². The summed E-state index contributed by atoms with van der Waals surface area (Å²) in [4.78, 5) is 37.0. The van der Waals surface area contributed by atoms with Crippen molar-refractivity contribution in [1.82, 2.24) is 0 Å². The minimum absolute atomic E-state index is 0.0914. The summed E-state index contributed by atoms with van der Waals surface area (Å²) in [5.41, 5.74) is -0.922. The van der Waals surface area contributed by atoms with Crippen LogP contribution in [0.4, 0.5) is 5.69 Å². The molecule has 0 radical (unpaired) electrons. The van der Waals surface area contributed by atoms with Gasteiger partial charge in [0.15, 0.2) is 5.75 Å². The van der Waals surface area contributed by atoms with Crippen LogP contribution in [0, 0.1) is 0 Å². The van der Waals surface area contributed by atoms with E-state index in [2.05, 4.69) is 0 Å². The highest BCUT2D eigenvalue weighted by molar-refractivity contribution is 5.82. The fourth-order valence-electron chi connectivity index (χ4n) is 2.58. The molecule has 1 saturated heterocycles. The van der Waals surface area contributed by atoms with Crippen molar-refractivity contribution in [3.05, 3.63) is 20.4 Å². The molecule has 6 nitrogen and oxygen atoms in total. The van der Waals surface area contributed by atoms with Crippen molar-refractivity contribution < 1.29 is 14.3 Å². The Morgan fingerprint density at radius 2 is 1.95 bits per heavy atom. The normalized spacial score (nSPS) is 19.1. The zero-order chi connectivity index (χ0) is 14.7. The third-order valence-corrected chi connectivity index (χ3v) is 3.48. The van der Waals surface area contributed by atoms with Gasteiger partial charge >= 0.3 is 5.97 Å². The molecule has 0 N–H and O–H groups in total. The summed E-state index contributed by atoms with van der Waals surface area (Å²) in [5, 5.41) is 0. The molecule has 0 amide bonds. The molecule has 110 valence electrons. The van der Waals surface area contributed by atoms with E-state index in [0.717, 1.165) is 12.8 Å². The monoisotopic (exact) mass is 281 g/mol. The van der Waals surface area contributed by atoms with Crippen molar-refractivity contribution in [2.24, 2.45) is 0 Å². The SMILES string of the molecule is CCOC(=O)[C@@H]1CCCCN1c1c(OCC)c(=O)c1=O. The number of nitrogens with zero attached hydrogens (tertiary/aromatic N) is 1. The first-order valence-electron chi connectivity index (χ1n) is 7.01. The van der Waals surface area contributed by atoms with E-state index in [0.29, 0.717) is 26.2 Å². The number of piperidine rings is 1. The average molecular weight is 281 g/mol. The lowest BCUT2D eigenvalue weighted by atomic mass is 10.00. The van der Waals surface area contributed by atoms with Crippen molar-refractivity contribution in [1.29, 1.82) is 0 Å². The van der Waals surface area contributed by atoms with Gasteiger partial charge in [0.2, 0.25) is 0 Å². The number of anilines is 1. The second-order valence-electron chi connectivity index (χ2n) is 4.73. The van der Waals surface area contributed by atoms with Crippen LogP contribution in [0.3, 0.4) is 0 Å². The summed E-state index contributed by atoms with van der Waals surface area (Å²) >= 11 is 0. The minimum atomic E-state index is -0.602. The van der Waals surface area contributed by atoms with Crippen LogP contribution >= 0.6 is 0 Å². The molecule has 20 heavy (non-hydrogen) atoms. The first kappa shape index (κ1) is 14.6. The summed E-state index contributed by atoms with van der Waals surface area (Å²) in [6.45, 7) is 4.67. The van der Waals surface area contributed by atoms with Crippen molar-refractivity contribution in [3.63, 3.8) is 0 Å². The molecule has 0 bridgehead atoms. The molecule has 0 saturated carbocycles. The quantitative estimate of drug-likeness (QED) is 0.581. The molecule has 0 aliphatic carbocycles. The van der Waals surface area contributed by atoms with Gasteiger partial charge in [0.25, 0.3) is 10.9 Å². The van der Waals surface area contributed by atoms with Crippen LogP contribution in [0.5, 0.6) is 5.75 Å². The second-order valence-corrected chi connectivity index (χ2v) is 4.73. The Balaban J connectivity index is 2.29. The largest absolute Gasteiger partial charge is 0.488 e. The number of rotatable bonds is 5. The molecule has 2 rings (SSSR count). The predicted molar refractivity (Wildman–Crippen MR) is 74.1 cm³/mol. The highest BCUT2D eigenvalue weighted by Crippen LogP contribution is 2.29. The molecule has 1 aliphatic rings. The first-order valence-corrected chi connectivity index (χ1v) is 7.01. The number of hydrogen-bond acceptors (Lipinski definition) is 6. The number of carbonyl (C=O) groups excluding carboxylic acids is 1. The molecule has 0 spiro atoms. The van der Waals surface area contributed by atoms with E-state index < -0.39 is 16.9 Å². The van der Waals surface area contributed by atoms with E-state index in [9.17, 15) is 14.4 Å². The van der Waals surface area contributed by atoms with Gasteiger partial charge in [-0.3, -0.25) is 9.59 Å². The van der Waals surface area contributed by atoms with Gasteiger partial charge in [0.05, 0.1) is 13.2 Å². The highest BCUT2D eigenvalue weighted by atomic mass is 16.5. The van der Waals surface area contributed by atoms with Crippen LogP contribution in [0.15, 0.2) is 9.59 Å². The molecule has 1 aliphatic heterocycles. The van der Waals surface area contributed by atoms with Gasteiger partial charge in [-0.1, -0.05) is 0 Å². The van der Waals surface area contributed by atoms with Crippen molar-refractivity contribution >= 4 is 11.7 Å². The van der Waals surface area contributed by atoms with Crippen LogP contribution in [-0.4, -0.2) is 31.8 Å². The molecule has 1 atom stereocenters. The molecule has 0 unspecified atom stereocenters. The maximum Gasteiger partial charge on any atom is 0.328 e. The van der Waals surface area contributed by atoms with Crippen molar-refractivity contribution in [2.75, 3.05) is 24.7 Å². The third kappa shape index (κ3) is 2.42. The topological polar surface area (TPSA) is 72.9 Å². The third-order valence-electron chi connectivity index (χ3n) is 3.48. The van der Waals surface area contributed by atoms with E-state index >= 15 is 0 Å². The summed E-state index contributed by atoms with van der Waals surface area (Å²) in [6, 6.07) is -0.494. The van der Waals surface area contributed by atoms with E-state index in [1.165, 1.54) is 0 Å². The van der Waals surface area contributed by atoms with Crippen molar-refractivity contribution in [3.8, 4) is 5.75 Å². The van der Waals surface area contributed by atoms with Crippen molar-refractivity contribution in [2.45, 2.75) is 39.2 Å². The summed E-state index contributed by atoms with van der Waals surface area (Å²) < 4.78 is 10.3. The van der Waals surface area contributed by atoms with E-state index in [1.54, 1.807) is 18.7 Å². The Hall–Kier alpha value is -1.85. The molecule has 1 aromatic carbocycles. The van der Waals surface area contributed by atoms with E-state index in [1.807, 2.05) is 0 Å². The number of carbonyl (C=O) groups is 1. The van der Waals surface area contributed by atoms with E-state index in [4.69, 9.17) is 9.47 Å². The maximum absolute atomic E-state index is 12.0. The standard InChI is InChI=1S/C14H19NO5/c1-3-19-13-10(11(16)12(13)17)15-8-6-5-7-9(15)14(18)20-4-2/h9H,3-8H2,1-2H3/t9-/m0/s1. The lowest BCUT2D eigenvalue weighted by Gasteiger charge is -2.36. The lowest BCUT2D eigenvalue weighted by Crippen LogP contribution is -2.51. The van der Waals surface area contributed by atoms with Gasteiger partial charge in [-0.05, 0) is 33.1 Å². The van der Waals surface area contributed by atoms with Gasteiger partial charge in [-0.15, -0.1) is 0 Å². The Kier molecular flexibility index (Phi) is 4.42. The minimum Gasteiger partial charge on any atom is -0.488 e. The summed E-state index contributed by atoms with van der Waals surface area (Å²) in [5.74, 6) is -0.253. The van der Waals surface area contributed by atoms with Gasteiger partial charge in [-0.25, -0.2) is 4.79 Å². The summed E-state index contributed by atoms with van der Waals surface area (Å²) in [6.07, 6.45) is 2.41. The van der Waals surface area contributed by atoms with Gasteiger partial charge in [-0.2, -0.15) is 0 Å². The molecule has 0 aromatic heterocycles. The van der Waals surface area contributed by atoms with Crippen LogP contribution in [0.25, 0.3) is 0 Å². The summed E-state index contributed by atoms with van der Waals surface area (Å²) in [7, 11) is 0. The predicted octanol–water partition coefficient (Wildman–Crippen LogP) is 0.603. The van der Waals surface area contributed by atoms with Crippen LogP contribution in [0.1, 0.15) is 33.1 Å². The first-order chi connectivity index (χ1) is 9.61. The molecule has 1 aromatic rings. The van der Waals surface area contributed by atoms with Crippen LogP contribution < -0.4 is 20.5 Å². The zero-order valence-electron chi connectivity index (χ0n) is 11.8. The number of hydrogen-bond donors (Lipinski definition) is 0. The molecule has 1 heterocycles. The van der Waals surface area contributed by atoms with Crippen LogP contribution in [-0.2, 0) is 9.53 Å². The lowest BCUT2D eigenvalue weighted by molar-refractivity contribution is -0.145. The number of esters is 1. The smallest absolute Gasteiger partial charge is 0.328 e. The second kappa shape index (κ2) is 6.07. The van der Waals surface area contributed by atoms with Crippen LogP contribution in [0.2, 0.25) is 0 Å². The van der Waals surface area contributed by atoms with E-state index in [-0.39, 0.29) is 17.4 Å². The fourth-order valence-corrected chi connectivity index (χ4v) is 2.58. The number of ether oxygens (including phenoxy) is 2. The average Bonchev–Trinajstić information content (AvgIpc) is 2.47. The Labute approximate surface area is 117 Å². The Morgan fingerprint density at radius 1 is 1.20 bits per heavy atom. The maximum atomic E-state index is 12.0. The molecule has 6 heteroatoms. The van der Waals surface area contributed by atoms with Gasteiger partial charge < -0.3 is 14.4 Å². The Bertz CT molecular complexity index is 558. The zero-order valence-corrected chi connectivity index (χ0v) is 11.8. The van der Waals surface area contributed by atoms with Gasteiger partial charge in [0.1, 0.15) is 11.7 Å². The molecular formula is C14H19NO5. The molecule has 1 fully saturated rings. The fraction of sp³-hybridized carbons (Fsp3) is 0.643. The highest BCUT2D eigenvalue weighted by Gasteiger charge is 2.37. The molecular weight excluding hydrogens is 262 g/mol. The Morgan fingerprint density at radius 3 is 2.60 bits per heavy atom.